The van der Waals surface area contributed by atoms with Crippen LogP contribution in [0.15, 0.2) is 0 Å². The highest BCUT2D eigenvalue weighted by Gasteiger charge is 2.52. The molecule has 0 aromatic rings. The maximum absolute atomic E-state index is 14.2. The maximum atomic E-state index is 14.2. The predicted octanol–water partition coefficient (Wildman–Crippen LogP) is 4.25. The van der Waals surface area contributed by atoms with Crippen molar-refractivity contribution < 1.29 is 37.5 Å². The largest absolute Gasteiger partial charge is 0.447 e. The molecule has 0 radical (unpaired) electrons. The van der Waals surface area contributed by atoms with Gasteiger partial charge in [0.05, 0.1) is 12.5 Å². The summed E-state index contributed by atoms with van der Waals surface area (Å²) >= 11 is 0. The van der Waals surface area contributed by atoms with E-state index in [0.717, 1.165) is 51.9 Å². The Morgan fingerprint density at radius 2 is 1.65 bits per heavy atom. The molecule has 1 heterocycles. The van der Waals surface area contributed by atoms with Gasteiger partial charge in [-0.2, -0.15) is 0 Å². The third kappa shape index (κ3) is 9.86. The number of hydrogen-bond acceptors (Lipinski definition) is 6. The van der Waals surface area contributed by atoms with E-state index >= 15 is 0 Å². The molecule has 0 aromatic carbocycles. The molecule has 244 valence electrons. The first-order valence-corrected chi connectivity index (χ1v) is 15.6. The predicted molar refractivity (Wildman–Crippen MR) is 156 cm³/mol. The SMILES string of the molecule is CC(C)OC(=O)N[C@H](C(=O)N1CC2(CCCCC2)C[C@H]1C(=O)NC(C=O)(CCC(C)(F)F)CC(=O)NC1CC1)C(C)(C)C. The van der Waals surface area contributed by atoms with Gasteiger partial charge < -0.3 is 30.4 Å². The van der Waals surface area contributed by atoms with Gasteiger partial charge >= 0.3 is 6.09 Å². The van der Waals surface area contributed by atoms with Gasteiger partial charge in [-0.3, -0.25) is 14.4 Å². The Labute approximate surface area is 253 Å². The van der Waals surface area contributed by atoms with Gasteiger partial charge in [0.25, 0.3) is 0 Å². The molecule has 1 aliphatic heterocycles. The summed E-state index contributed by atoms with van der Waals surface area (Å²) in [4.78, 5) is 67.6. The van der Waals surface area contributed by atoms with Crippen molar-refractivity contribution in [2.24, 2.45) is 10.8 Å². The number of carbonyl (C=O) groups excluding carboxylic acids is 5. The number of ether oxygens (including phenoxy) is 1. The molecule has 43 heavy (non-hydrogen) atoms. The Hall–Kier alpha value is -2.79. The molecule has 1 unspecified atom stereocenters. The van der Waals surface area contributed by atoms with Crippen LogP contribution in [0.2, 0.25) is 0 Å². The van der Waals surface area contributed by atoms with Gasteiger partial charge in [0.1, 0.15) is 23.9 Å². The molecule has 1 spiro atoms. The first-order valence-electron chi connectivity index (χ1n) is 15.6. The van der Waals surface area contributed by atoms with Crippen LogP contribution in [0.4, 0.5) is 13.6 Å². The quantitative estimate of drug-likeness (QED) is 0.282. The fourth-order valence-corrected chi connectivity index (χ4v) is 6.26. The number of rotatable bonds is 12. The number of aldehydes is 1. The van der Waals surface area contributed by atoms with Gasteiger partial charge in [0, 0.05) is 19.0 Å². The van der Waals surface area contributed by atoms with Crippen LogP contribution in [0.3, 0.4) is 0 Å². The van der Waals surface area contributed by atoms with E-state index in [4.69, 9.17) is 4.74 Å². The molecule has 2 aliphatic carbocycles. The molecule has 10 nitrogen and oxygen atoms in total. The zero-order valence-corrected chi connectivity index (χ0v) is 26.5. The number of halogens is 2. The average Bonchev–Trinajstić information content (AvgIpc) is 3.62. The van der Waals surface area contributed by atoms with Gasteiger partial charge in [-0.05, 0) is 70.1 Å². The molecule has 4 amide bonds. The third-order valence-corrected chi connectivity index (χ3v) is 8.75. The minimum absolute atomic E-state index is 0.0153. The average molecular weight is 613 g/mol. The van der Waals surface area contributed by atoms with E-state index < -0.39 is 78.1 Å². The Morgan fingerprint density at radius 1 is 1.02 bits per heavy atom. The number of nitrogens with one attached hydrogen (secondary N) is 3. The van der Waals surface area contributed by atoms with Crippen molar-refractivity contribution in [2.45, 2.75) is 148 Å². The Balaban J connectivity index is 1.92. The molecule has 3 atom stereocenters. The Kier molecular flexibility index (Phi) is 10.9. The van der Waals surface area contributed by atoms with Crippen LogP contribution in [-0.2, 0) is 23.9 Å². The van der Waals surface area contributed by atoms with E-state index in [1.54, 1.807) is 34.6 Å². The van der Waals surface area contributed by atoms with Crippen molar-refractivity contribution >= 4 is 30.1 Å². The minimum atomic E-state index is -3.12. The number of carbonyl (C=O) groups is 5. The van der Waals surface area contributed by atoms with Crippen molar-refractivity contribution in [3.8, 4) is 0 Å². The van der Waals surface area contributed by atoms with Gasteiger partial charge in [-0.25, -0.2) is 13.6 Å². The lowest BCUT2D eigenvalue weighted by Gasteiger charge is -2.37. The summed E-state index contributed by atoms with van der Waals surface area (Å²) in [7, 11) is 0. The second-order valence-corrected chi connectivity index (χ2v) is 14.5. The van der Waals surface area contributed by atoms with Crippen LogP contribution in [0, 0.1) is 10.8 Å². The maximum Gasteiger partial charge on any atom is 0.408 e. The van der Waals surface area contributed by atoms with Gasteiger partial charge in [0.15, 0.2) is 0 Å². The zero-order valence-electron chi connectivity index (χ0n) is 26.5. The van der Waals surface area contributed by atoms with Crippen LogP contribution >= 0.6 is 0 Å². The third-order valence-electron chi connectivity index (χ3n) is 8.75. The molecule has 0 aromatic heterocycles. The fourth-order valence-electron chi connectivity index (χ4n) is 6.26. The van der Waals surface area contributed by atoms with E-state index in [0.29, 0.717) is 19.3 Å². The molecular weight excluding hydrogens is 562 g/mol. The van der Waals surface area contributed by atoms with Crippen molar-refractivity contribution in [1.29, 1.82) is 0 Å². The smallest absolute Gasteiger partial charge is 0.408 e. The number of likely N-dealkylation sites (tertiary alicyclic amines) is 1. The molecule has 3 rings (SSSR count). The van der Waals surface area contributed by atoms with Crippen LogP contribution in [0.25, 0.3) is 0 Å². The van der Waals surface area contributed by atoms with Gasteiger partial charge in [0.2, 0.25) is 23.6 Å². The van der Waals surface area contributed by atoms with Gasteiger partial charge in [-0.15, -0.1) is 0 Å². The van der Waals surface area contributed by atoms with E-state index in [-0.39, 0.29) is 11.5 Å². The van der Waals surface area contributed by atoms with Crippen molar-refractivity contribution in [2.75, 3.05) is 6.54 Å². The number of alkyl carbamates (subject to hydrolysis) is 1. The lowest BCUT2D eigenvalue weighted by Crippen LogP contribution is -2.61. The molecule has 12 heteroatoms. The molecule has 3 aliphatic rings. The lowest BCUT2D eigenvalue weighted by atomic mass is 9.72. The summed E-state index contributed by atoms with van der Waals surface area (Å²) in [5.41, 5.74) is -2.92. The number of hydrogen-bond donors (Lipinski definition) is 3. The highest BCUT2D eigenvalue weighted by molar-refractivity contribution is 5.95. The Morgan fingerprint density at radius 3 is 2.16 bits per heavy atom. The van der Waals surface area contributed by atoms with Crippen LogP contribution in [0.1, 0.15) is 112 Å². The van der Waals surface area contributed by atoms with Crippen molar-refractivity contribution in [3.63, 3.8) is 0 Å². The second kappa shape index (κ2) is 13.5. The van der Waals surface area contributed by atoms with E-state index in [2.05, 4.69) is 16.0 Å². The van der Waals surface area contributed by atoms with Gasteiger partial charge in [-0.1, -0.05) is 40.0 Å². The summed E-state index contributed by atoms with van der Waals surface area (Å²) in [6.07, 6.45) is 4.10. The van der Waals surface area contributed by atoms with Crippen LogP contribution in [-0.4, -0.2) is 77.2 Å². The molecule has 3 N–H and O–H groups in total. The standard InChI is InChI=1S/C31H50F2N4O6/c1-20(2)43-27(42)35-24(28(3,4)5)26(41)37-18-30(12-8-7-9-13-30)16-22(37)25(40)36-31(19-38,15-14-29(6,32)33)17-23(39)34-21-10-11-21/h19-22,24H,7-18H2,1-6H3,(H,34,39)(H,35,42)(H,36,40)/t22-,24+,31?/m0/s1. The highest BCUT2D eigenvalue weighted by atomic mass is 19.3. The van der Waals surface area contributed by atoms with E-state index in [9.17, 15) is 32.8 Å². The second-order valence-electron chi connectivity index (χ2n) is 14.5. The first-order chi connectivity index (χ1) is 19.9. The van der Waals surface area contributed by atoms with Crippen molar-refractivity contribution in [3.05, 3.63) is 0 Å². The van der Waals surface area contributed by atoms with Crippen LogP contribution < -0.4 is 16.0 Å². The summed E-state index contributed by atoms with van der Waals surface area (Å²) in [5.74, 6) is -4.75. The monoisotopic (exact) mass is 612 g/mol. The number of alkyl halides is 2. The summed E-state index contributed by atoms with van der Waals surface area (Å²) in [6.45, 7) is 9.80. The summed E-state index contributed by atoms with van der Waals surface area (Å²) < 4.78 is 33.1. The Bertz CT molecular complexity index is 1050. The number of nitrogens with zero attached hydrogens (tertiary/aromatic N) is 1. The topological polar surface area (TPSA) is 134 Å². The first kappa shape index (κ1) is 34.7. The normalized spacial score (nSPS) is 22.4. The number of amides is 4. The molecule has 2 saturated carbocycles. The molecule has 1 saturated heterocycles. The molecule has 0 bridgehead atoms. The van der Waals surface area contributed by atoms with Crippen molar-refractivity contribution in [1.82, 2.24) is 20.9 Å². The molecule has 3 fully saturated rings. The summed E-state index contributed by atoms with van der Waals surface area (Å²) in [6, 6.07) is -2.04. The molecular formula is C31H50F2N4O6. The van der Waals surface area contributed by atoms with E-state index in [1.165, 1.54) is 4.90 Å². The minimum Gasteiger partial charge on any atom is -0.447 e. The summed E-state index contributed by atoms with van der Waals surface area (Å²) in [5, 5.41) is 8.12. The fraction of sp³-hybridized carbons (Fsp3) is 0.839. The van der Waals surface area contributed by atoms with E-state index in [1.807, 2.05) is 0 Å². The lowest BCUT2D eigenvalue weighted by molar-refractivity contribution is -0.143. The van der Waals surface area contributed by atoms with Crippen LogP contribution in [0.5, 0.6) is 0 Å². The zero-order chi connectivity index (χ0) is 32.2. The highest BCUT2D eigenvalue weighted by Crippen LogP contribution is 2.47.